The van der Waals surface area contributed by atoms with Crippen molar-refractivity contribution in [1.82, 2.24) is 9.03 Å². The van der Waals surface area contributed by atoms with Gasteiger partial charge in [-0.2, -0.15) is 17.4 Å². The molecular weight excluding hydrogens is 276 g/mol. The number of rotatable bonds is 6. The van der Waals surface area contributed by atoms with Gasteiger partial charge in [-0.05, 0) is 20.8 Å². The first-order valence-electron chi connectivity index (χ1n) is 5.49. The predicted molar refractivity (Wildman–Crippen MR) is 67.6 cm³/mol. The lowest BCUT2D eigenvalue weighted by molar-refractivity contribution is -0.158. The van der Waals surface area contributed by atoms with Crippen molar-refractivity contribution in [2.24, 2.45) is 0 Å². The maximum absolute atomic E-state index is 11.5. The van der Waals surface area contributed by atoms with E-state index in [4.69, 9.17) is 9.84 Å². The Morgan fingerprint density at radius 2 is 1.79 bits per heavy atom. The minimum absolute atomic E-state index is 0.584. The zero-order valence-electron chi connectivity index (χ0n) is 11.6. The van der Waals surface area contributed by atoms with Gasteiger partial charge >= 0.3 is 11.9 Å². The molecular formula is C10H20N2O6S. The molecule has 0 amide bonds. The van der Waals surface area contributed by atoms with Gasteiger partial charge in [0.25, 0.3) is 10.2 Å². The van der Waals surface area contributed by atoms with Crippen LogP contribution in [0.1, 0.15) is 27.2 Å². The quantitative estimate of drug-likeness (QED) is 0.643. The van der Waals surface area contributed by atoms with Crippen LogP contribution in [0.5, 0.6) is 0 Å². The molecule has 0 aromatic rings. The number of carboxylic acid groups (broad SMARTS) is 1. The summed E-state index contributed by atoms with van der Waals surface area (Å²) in [5.41, 5.74) is -0.763. The van der Waals surface area contributed by atoms with Crippen molar-refractivity contribution in [3.63, 3.8) is 0 Å². The Morgan fingerprint density at radius 1 is 1.32 bits per heavy atom. The molecule has 0 rings (SSSR count). The van der Waals surface area contributed by atoms with Crippen LogP contribution < -0.4 is 4.72 Å². The molecule has 0 fully saturated rings. The van der Waals surface area contributed by atoms with Crippen molar-refractivity contribution in [1.29, 1.82) is 0 Å². The highest BCUT2D eigenvalue weighted by molar-refractivity contribution is 7.87. The Labute approximate surface area is 112 Å². The normalized spacial score (nSPS) is 14.2. The summed E-state index contributed by atoms with van der Waals surface area (Å²) >= 11 is 0. The molecule has 0 unspecified atom stereocenters. The third-order valence-electron chi connectivity index (χ3n) is 1.86. The molecule has 0 aliphatic rings. The molecule has 19 heavy (non-hydrogen) atoms. The largest absolute Gasteiger partial charge is 0.480 e. The summed E-state index contributed by atoms with van der Waals surface area (Å²) in [7, 11) is -1.45. The number of carbonyl (C=O) groups excluding carboxylic acids is 1. The smallest absolute Gasteiger partial charge is 0.322 e. The van der Waals surface area contributed by atoms with Crippen LogP contribution in [0.15, 0.2) is 0 Å². The molecule has 9 heteroatoms. The van der Waals surface area contributed by atoms with Crippen LogP contribution in [-0.2, 0) is 24.5 Å². The zero-order chi connectivity index (χ0) is 15.4. The lowest BCUT2D eigenvalue weighted by Crippen LogP contribution is -2.47. The number of ether oxygens (including phenoxy) is 1. The first kappa shape index (κ1) is 17.8. The fraction of sp³-hybridized carbons (Fsp3) is 0.800. The first-order valence-corrected chi connectivity index (χ1v) is 6.93. The van der Waals surface area contributed by atoms with E-state index in [1.807, 2.05) is 4.72 Å². The summed E-state index contributed by atoms with van der Waals surface area (Å²) < 4.78 is 30.7. The molecule has 0 aromatic heterocycles. The van der Waals surface area contributed by atoms with E-state index < -0.39 is 40.2 Å². The van der Waals surface area contributed by atoms with Gasteiger partial charge in [0, 0.05) is 14.1 Å². The molecule has 0 aromatic carbocycles. The van der Waals surface area contributed by atoms with E-state index in [1.165, 1.54) is 14.1 Å². The second-order valence-corrected chi connectivity index (χ2v) is 7.00. The van der Waals surface area contributed by atoms with E-state index in [0.29, 0.717) is 0 Å². The lowest BCUT2D eigenvalue weighted by atomic mass is 10.2. The summed E-state index contributed by atoms with van der Waals surface area (Å²) in [5.74, 6) is -2.24. The van der Waals surface area contributed by atoms with Crippen molar-refractivity contribution in [2.75, 3.05) is 14.1 Å². The fourth-order valence-corrected chi connectivity index (χ4v) is 1.77. The maximum atomic E-state index is 11.5. The molecule has 2 N–H and O–H groups in total. The van der Waals surface area contributed by atoms with E-state index in [9.17, 15) is 18.0 Å². The third-order valence-corrected chi connectivity index (χ3v) is 3.40. The summed E-state index contributed by atoms with van der Waals surface area (Å²) in [6, 6.07) is -1.57. The van der Waals surface area contributed by atoms with Gasteiger partial charge in [-0.25, -0.2) is 0 Å². The van der Waals surface area contributed by atoms with Crippen LogP contribution in [0.25, 0.3) is 0 Å². The average molecular weight is 296 g/mol. The van der Waals surface area contributed by atoms with Crippen molar-refractivity contribution >= 4 is 22.1 Å². The van der Waals surface area contributed by atoms with Crippen molar-refractivity contribution in [3.8, 4) is 0 Å². The number of esters is 1. The molecule has 8 nitrogen and oxygen atoms in total. The van der Waals surface area contributed by atoms with E-state index in [1.54, 1.807) is 20.8 Å². The van der Waals surface area contributed by atoms with Crippen molar-refractivity contribution < 1.29 is 27.9 Å². The molecule has 0 bridgehead atoms. The molecule has 0 heterocycles. The molecule has 0 saturated carbocycles. The molecule has 0 spiro atoms. The molecule has 0 aliphatic heterocycles. The van der Waals surface area contributed by atoms with Crippen LogP contribution >= 0.6 is 0 Å². The summed E-state index contributed by atoms with van der Waals surface area (Å²) in [5, 5.41) is 8.91. The average Bonchev–Trinajstić information content (AvgIpc) is 2.12. The Bertz CT molecular complexity index is 437. The van der Waals surface area contributed by atoms with Crippen LogP contribution in [-0.4, -0.2) is 55.5 Å². The highest BCUT2D eigenvalue weighted by Gasteiger charge is 2.29. The Kier molecular flexibility index (Phi) is 5.91. The number of carbonyl (C=O) groups is 2. The van der Waals surface area contributed by atoms with E-state index in [0.717, 1.165) is 4.31 Å². The van der Waals surface area contributed by atoms with Gasteiger partial charge in [0.15, 0.2) is 0 Å². The topological polar surface area (TPSA) is 113 Å². The fourth-order valence-electron chi connectivity index (χ4n) is 1.01. The minimum Gasteiger partial charge on any atom is -0.480 e. The second kappa shape index (κ2) is 6.31. The molecule has 0 saturated heterocycles. The van der Waals surface area contributed by atoms with Crippen molar-refractivity contribution in [3.05, 3.63) is 0 Å². The van der Waals surface area contributed by atoms with Gasteiger partial charge in [0.2, 0.25) is 0 Å². The number of aliphatic carboxylic acids is 1. The molecule has 0 radical (unpaired) electrons. The first-order chi connectivity index (χ1) is 8.35. The van der Waals surface area contributed by atoms with E-state index in [-0.39, 0.29) is 0 Å². The third kappa shape index (κ3) is 7.09. The summed E-state index contributed by atoms with van der Waals surface area (Å²) in [6.45, 7) is 4.89. The number of nitrogens with zero attached hydrogens (tertiary/aromatic N) is 1. The summed E-state index contributed by atoms with van der Waals surface area (Å²) in [4.78, 5) is 22.4. The van der Waals surface area contributed by atoms with Crippen LogP contribution in [0.4, 0.5) is 0 Å². The minimum atomic E-state index is -3.94. The highest BCUT2D eigenvalue weighted by atomic mass is 32.2. The van der Waals surface area contributed by atoms with Crippen LogP contribution in [0.3, 0.4) is 0 Å². The van der Waals surface area contributed by atoms with E-state index in [2.05, 4.69) is 0 Å². The predicted octanol–water partition coefficient (Wildman–Crippen LogP) is -0.433. The second-order valence-electron chi connectivity index (χ2n) is 5.09. The van der Waals surface area contributed by atoms with Crippen molar-refractivity contribution in [2.45, 2.75) is 38.8 Å². The molecule has 112 valence electrons. The zero-order valence-corrected chi connectivity index (χ0v) is 12.4. The SMILES string of the molecule is CN(C)S(=O)(=O)N[C@@H](CC(=O)OC(C)(C)C)C(=O)O. The van der Waals surface area contributed by atoms with E-state index >= 15 is 0 Å². The number of carboxylic acids is 1. The molecule has 0 aliphatic carbocycles. The lowest BCUT2D eigenvalue weighted by Gasteiger charge is -2.22. The number of hydrogen-bond donors (Lipinski definition) is 2. The molecule has 1 atom stereocenters. The van der Waals surface area contributed by atoms with Gasteiger partial charge in [-0.3, -0.25) is 9.59 Å². The van der Waals surface area contributed by atoms with Gasteiger partial charge in [0.1, 0.15) is 11.6 Å². The highest BCUT2D eigenvalue weighted by Crippen LogP contribution is 2.10. The van der Waals surface area contributed by atoms with Crippen LogP contribution in [0.2, 0.25) is 0 Å². The maximum Gasteiger partial charge on any atom is 0.322 e. The van der Waals surface area contributed by atoms with Gasteiger partial charge in [-0.15, -0.1) is 0 Å². The number of hydrogen-bond acceptors (Lipinski definition) is 5. The Morgan fingerprint density at radius 3 is 2.11 bits per heavy atom. The number of nitrogens with one attached hydrogen (secondary N) is 1. The standard InChI is InChI=1S/C10H20N2O6S/c1-10(2,3)18-8(13)6-7(9(14)15)11-19(16,17)12(4)5/h7,11H,6H2,1-5H3,(H,14,15)/t7-/m0/s1. The monoisotopic (exact) mass is 296 g/mol. The van der Waals surface area contributed by atoms with Gasteiger partial charge in [-0.1, -0.05) is 0 Å². The Balaban J connectivity index is 4.79. The summed E-state index contributed by atoms with van der Waals surface area (Å²) in [6.07, 6.45) is -0.584. The van der Waals surface area contributed by atoms with Gasteiger partial charge in [0.05, 0.1) is 6.42 Å². The van der Waals surface area contributed by atoms with Gasteiger partial charge < -0.3 is 9.84 Å². The van der Waals surface area contributed by atoms with Crippen LogP contribution in [0, 0.1) is 0 Å². The Hall–Kier alpha value is -1.19.